The van der Waals surface area contributed by atoms with E-state index in [-0.39, 0.29) is 23.7 Å². The molecule has 0 aromatic heterocycles. The van der Waals surface area contributed by atoms with Gasteiger partial charge in [0.1, 0.15) is 0 Å². The monoisotopic (exact) mass is 364 g/mol. The van der Waals surface area contributed by atoms with E-state index >= 15 is 0 Å². The van der Waals surface area contributed by atoms with Gasteiger partial charge in [-0.1, -0.05) is 62.4 Å². The van der Waals surface area contributed by atoms with Gasteiger partial charge >= 0.3 is 0 Å². The molecule has 0 bridgehead atoms. The van der Waals surface area contributed by atoms with Crippen LogP contribution in [0.1, 0.15) is 42.9 Å². The summed E-state index contributed by atoms with van der Waals surface area (Å²) in [4.78, 5) is 24.9. The van der Waals surface area contributed by atoms with Crippen LogP contribution in [-0.2, 0) is 16.0 Å². The van der Waals surface area contributed by atoms with Crippen molar-refractivity contribution in [3.05, 3.63) is 65.2 Å². The van der Waals surface area contributed by atoms with Crippen LogP contribution in [0.3, 0.4) is 0 Å². The van der Waals surface area contributed by atoms with Gasteiger partial charge in [0.2, 0.25) is 11.8 Å². The minimum atomic E-state index is -0.221. The van der Waals surface area contributed by atoms with Gasteiger partial charge in [-0.25, -0.2) is 0 Å². The summed E-state index contributed by atoms with van der Waals surface area (Å²) in [6.07, 6.45) is 1.43. The van der Waals surface area contributed by atoms with Crippen LogP contribution in [-0.4, -0.2) is 18.4 Å². The molecular weight excluding hydrogens is 336 g/mol. The maximum Gasteiger partial charge on any atom is 0.228 e. The highest BCUT2D eigenvalue weighted by molar-refractivity contribution is 6.00. The molecule has 27 heavy (non-hydrogen) atoms. The van der Waals surface area contributed by atoms with Crippen LogP contribution >= 0.6 is 0 Å². The second-order valence-electron chi connectivity index (χ2n) is 7.66. The Morgan fingerprint density at radius 1 is 1.00 bits per heavy atom. The van der Waals surface area contributed by atoms with Crippen molar-refractivity contribution >= 4 is 17.5 Å². The lowest BCUT2D eigenvalue weighted by molar-refractivity contribution is -0.125. The summed E-state index contributed by atoms with van der Waals surface area (Å²) in [5.41, 5.74) is 4.28. The average Bonchev–Trinajstić information content (AvgIpc) is 3.45. The molecule has 0 spiro atoms. The van der Waals surface area contributed by atoms with Crippen LogP contribution < -0.4 is 10.6 Å². The molecule has 1 saturated carbocycles. The average molecular weight is 364 g/mol. The van der Waals surface area contributed by atoms with Crippen LogP contribution in [0, 0.1) is 18.8 Å². The lowest BCUT2D eigenvalue weighted by Crippen LogP contribution is -2.29. The fraction of sp³-hybridized carbons (Fsp3) is 0.391. The summed E-state index contributed by atoms with van der Waals surface area (Å²) >= 11 is 0. The Bertz CT molecular complexity index is 814. The quantitative estimate of drug-likeness (QED) is 0.779. The molecule has 2 N–H and O–H groups in total. The Hall–Kier alpha value is -2.62. The lowest BCUT2D eigenvalue weighted by atomic mass is 9.98. The summed E-state index contributed by atoms with van der Waals surface area (Å²) < 4.78 is 0. The standard InChI is InChI=1S/C23H28N2O2/c1-15(2)18-11-7-8-16(3)21(18)25-23(27)20-14-19(20)22(26)24-13-12-17-9-5-4-6-10-17/h4-11,15,19-20H,12-14H2,1-3H3,(H,24,26)(H,25,27). The predicted octanol–water partition coefficient (Wildman–Crippen LogP) is 4.05. The molecule has 2 aromatic rings. The predicted molar refractivity (Wildman–Crippen MR) is 109 cm³/mol. The van der Waals surface area contributed by atoms with E-state index in [1.807, 2.05) is 55.5 Å². The number of para-hydroxylation sites is 1. The summed E-state index contributed by atoms with van der Waals surface area (Å²) in [6, 6.07) is 16.1. The van der Waals surface area contributed by atoms with Gasteiger partial charge in [0.15, 0.2) is 0 Å². The molecule has 1 fully saturated rings. The molecule has 0 radical (unpaired) electrons. The van der Waals surface area contributed by atoms with Crippen molar-refractivity contribution in [3.8, 4) is 0 Å². The van der Waals surface area contributed by atoms with Crippen LogP contribution in [0.25, 0.3) is 0 Å². The highest BCUT2D eigenvalue weighted by Crippen LogP contribution is 2.40. The van der Waals surface area contributed by atoms with E-state index in [4.69, 9.17) is 0 Å². The summed E-state index contributed by atoms with van der Waals surface area (Å²) in [6.45, 7) is 6.83. The van der Waals surface area contributed by atoms with Gasteiger partial charge in [-0.15, -0.1) is 0 Å². The fourth-order valence-corrected chi connectivity index (χ4v) is 3.44. The Balaban J connectivity index is 1.51. The van der Waals surface area contributed by atoms with E-state index in [9.17, 15) is 9.59 Å². The third-order valence-electron chi connectivity index (χ3n) is 5.19. The maximum atomic E-state index is 12.6. The third kappa shape index (κ3) is 4.76. The Morgan fingerprint density at radius 3 is 2.41 bits per heavy atom. The van der Waals surface area contributed by atoms with Gasteiger partial charge in [0, 0.05) is 12.2 Å². The molecule has 0 aliphatic heterocycles. The van der Waals surface area contributed by atoms with Gasteiger partial charge in [0.05, 0.1) is 11.8 Å². The summed E-state index contributed by atoms with van der Waals surface area (Å²) in [5.74, 6) is -0.153. The number of aryl methyl sites for hydroxylation is 1. The van der Waals surface area contributed by atoms with Gasteiger partial charge in [-0.2, -0.15) is 0 Å². The molecule has 4 heteroatoms. The molecule has 142 valence electrons. The number of nitrogens with one attached hydrogen (secondary N) is 2. The van der Waals surface area contributed by atoms with E-state index in [1.165, 1.54) is 5.56 Å². The zero-order valence-corrected chi connectivity index (χ0v) is 16.3. The Morgan fingerprint density at radius 2 is 1.70 bits per heavy atom. The number of amides is 2. The van der Waals surface area contributed by atoms with Crippen molar-refractivity contribution in [1.29, 1.82) is 0 Å². The van der Waals surface area contributed by atoms with Crippen molar-refractivity contribution in [2.45, 2.75) is 39.5 Å². The van der Waals surface area contributed by atoms with Crippen molar-refractivity contribution in [1.82, 2.24) is 5.32 Å². The number of benzene rings is 2. The highest BCUT2D eigenvalue weighted by atomic mass is 16.2. The SMILES string of the molecule is Cc1cccc(C(C)C)c1NC(=O)C1CC1C(=O)NCCc1ccccc1. The van der Waals surface area contributed by atoms with E-state index in [0.29, 0.717) is 18.9 Å². The van der Waals surface area contributed by atoms with Crippen LogP contribution in [0.4, 0.5) is 5.69 Å². The molecule has 2 aromatic carbocycles. The van der Waals surface area contributed by atoms with Crippen molar-refractivity contribution in [3.63, 3.8) is 0 Å². The van der Waals surface area contributed by atoms with Crippen LogP contribution in [0.15, 0.2) is 48.5 Å². The smallest absolute Gasteiger partial charge is 0.228 e. The molecule has 1 aliphatic carbocycles. The Kier molecular flexibility index (Phi) is 5.94. The van der Waals surface area contributed by atoms with E-state index in [1.54, 1.807) is 0 Å². The molecular formula is C23H28N2O2. The second kappa shape index (κ2) is 8.38. The van der Waals surface area contributed by atoms with Gasteiger partial charge < -0.3 is 10.6 Å². The molecule has 3 rings (SSSR count). The van der Waals surface area contributed by atoms with E-state index < -0.39 is 0 Å². The number of carbonyl (C=O) groups is 2. The largest absolute Gasteiger partial charge is 0.356 e. The fourth-order valence-electron chi connectivity index (χ4n) is 3.44. The number of hydrogen-bond donors (Lipinski definition) is 2. The molecule has 2 atom stereocenters. The van der Waals surface area contributed by atoms with Crippen molar-refractivity contribution in [2.75, 3.05) is 11.9 Å². The molecule has 0 heterocycles. The molecule has 4 nitrogen and oxygen atoms in total. The topological polar surface area (TPSA) is 58.2 Å². The second-order valence-corrected chi connectivity index (χ2v) is 7.66. The van der Waals surface area contributed by atoms with Crippen LogP contribution in [0.2, 0.25) is 0 Å². The Labute approximate surface area is 161 Å². The first-order chi connectivity index (χ1) is 13.0. The van der Waals surface area contributed by atoms with Crippen molar-refractivity contribution in [2.24, 2.45) is 11.8 Å². The van der Waals surface area contributed by atoms with Crippen LogP contribution in [0.5, 0.6) is 0 Å². The molecule has 2 unspecified atom stereocenters. The highest BCUT2D eigenvalue weighted by Gasteiger charge is 2.48. The number of hydrogen-bond acceptors (Lipinski definition) is 2. The molecule has 2 amide bonds. The molecule has 1 aliphatic rings. The first-order valence-electron chi connectivity index (χ1n) is 9.69. The van der Waals surface area contributed by atoms with E-state index in [2.05, 4.69) is 24.5 Å². The number of anilines is 1. The third-order valence-corrected chi connectivity index (χ3v) is 5.19. The molecule has 0 saturated heterocycles. The van der Waals surface area contributed by atoms with Gasteiger partial charge in [-0.3, -0.25) is 9.59 Å². The number of rotatable bonds is 7. The normalized spacial score (nSPS) is 18.2. The summed E-state index contributed by atoms with van der Waals surface area (Å²) in [7, 11) is 0. The first-order valence-corrected chi connectivity index (χ1v) is 9.69. The van der Waals surface area contributed by atoms with Crippen molar-refractivity contribution < 1.29 is 9.59 Å². The maximum absolute atomic E-state index is 12.6. The lowest BCUT2D eigenvalue weighted by Gasteiger charge is -2.16. The number of carbonyl (C=O) groups excluding carboxylic acids is 2. The zero-order chi connectivity index (χ0) is 19.4. The van der Waals surface area contributed by atoms with E-state index in [0.717, 1.165) is 23.2 Å². The van der Waals surface area contributed by atoms with Gasteiger partial charge in [0.25, 0.3) is 0 Å². The summed E-state index contributed by atoms with van der Waals surface area (Å²) in [5, 5.41) is 6.03. The zero-order valence-electron chi connectivity index (χ0n) is 16.3. The minimum Gasteiger partial charge on any atom is -0.356 e. The first kappa shape index (κ1) is 19.2. The van der Waals surface area contributed by atoms with Gasteiger partial charge in [-0.05, 0) is 42.4 Å². The minimum absolute atomic E-state index is 0.0139.